The van der Waals surface area contributed by atoms with Crippen LogP contribution in [-0.2, 0) is 20.2 Å². The molecule has 35 heavy (non-hydrogen) atoms. The Morgan fingerprint density at radius 2 is 1.74 bits per heavy atom. The third-order valence-corrected chi connectivity index (χ3v) is 9.17. The number of rotatable bonds is 11. The second-order valence-electron chi connectivity index (χ2n) is 9.17. The number of hydrogen-bond acceptors (Lipinski definition) is 6. The van der Waals surface area contributed by atoms with E-state index in [-0.39, 0.29) is 29.8 Å². The van der Waals surface area contributed by atoms with Crippen LogP contribution in [-0.4, -0.2) is 68.5 Å². The normalized spacial score (nSPS) is 18.2. The number of methoxy groups -OCH3 is 1. The number of nitrogens with zero attached hydrogens (tertiary/aromatic N) is 2. The molecule has 0 radical (unpaired) electrons. The molecule has 2 atom stereocenters. The van der Waals surface area contributed by atoms with E-state index in [9.17, 15) is 16.8 Å². The lowest BCUT2D eigenvalue weighted by atomic mass is 9.91. The highest BCUT2D eigenvalue weighted by atomic mass is 32.2. The van der Waals surface area contributed by atoms with Crippen LogP contribution in [0.25, 0.3) is 0 Å². The largest absolute Gasteiger partial charge is 0.497 e. The standard InChI is InChI=1S/C24H36N4O5S2/c1-19(16-25-34(29,30)24-12-10-22(11-13-24)27(2)3)17-26-35(31,32)28-14-6-8-21(18-28)20-7-5-9-23(15-20)33-4/h5,7,9-13,15,19,21,25-26H,6,8,14,16-18H2,1-4H3/t19?,21-/m1/s1. The molecule has 1 fully saturated rings. The predicted octanol–water partition coefficient (Wildman–Crippen LogP) is 2.39. The molecule has 11 heteroatoms. The van der Waals surface area contributed by atoms with Crippen molar-refractivity contribution in [1.82, 2.24) is 13.7 Å². The molecule has 1 heterocycles. The van der Waals surface area contributed by atoms with Gasteiger partial charge in [-0.1, -0.05) is 19.1 Å². The molecule has 1 saturated heterocycles. The highest BCUT2D eigenvalue weighted by molar-refractivity contribution is 7.89. The van der Waals surface area contributed by atoms with Crippen molar-refractivity contribution in [1.29, 1.82) is 0 Å². The van der Waals surface area contributed by atoms with Crippen molar-refractivity contribution < 1.29 is 21.6 Å². The number of nitrogens with one attached hydrogen (secondary N) is 2. The molecule has 0 aliphatic carbocycles. The molecule has 0 amide bonds. The van der Waals surface area contributed by atoms with Gasteiger partial charge >= 0.3 is 0 Å². The first kappa shape index (κ1) is 27.4. The first-order chi connectivity index (χ1) is 16.5. The number of sulfonamides is 1. The van der Waals surface area contributed by atoms with Crippen LogP contribution in [0.3, 0.4) is 0 Å². The van der Waals surface area contributed by atoms with E-state index in [4.69, 9.17) is 4.74 Å². The molecule has 1 unspecified atom stereocenters. The van der Waals surface area contributed by atoms with E-state index in [0.717, 1.165) is 29.8 Å². The first-order valence-electron chi connectivity index (χ1n) is 11.7. The van der Waals surface area contributed by atoms with Crippen LogP contribution in [0.4, 0.5) is 5.69 Å². The van der Waals surface area contributed by atoms with Gasteiger partial charge in [0.05, 0.1) is 12.0 Å². The zero-order chi connectivity index (χ0) is 25.6. The summed E-state index contributed by atoms with van der Waals surface area (Å²) < 4.78 is 63.1. The number of piperidine rings is 1. The molecule has 0 bridgehead atoms. The monoisotopic (exact) mass is 524 g/mol. The predicted molar refractivity (Wildman–Crippen MR) is 139 cm³/mol. The van der Waals surface area contributed by atoms with E-state index >= 15 is 0 Å². The van der Waals surface area contributed by atoms with Gasteiger partial charge in [-0.15, -0.1) is 0 Å². The number of anilines is 1. The van der Waals surface area contributed by atoms with Crippen LogP contribution < -0.4 is 19.1 Å². The highest BCUT2D eigenvalue weighted by Crippen LogP contribution is 2.30. The molecule has 2 aromatic carbocycles. The van der Waals surface area contributed by atoms with Crippen molar-refractivity contribution in [2.45, 2.75) is 30.6 Å². The fourth-order valence-electron chi connectivity index (χ4n) is 4.00. The number of hydrogen-bond donors (Lipinski definition) is 2. The fourth-order valence-corrected chi connectivity index (χ4v) is 6.59. The minimum atomic E-state index is -3.68. The molecule has 2 aromatic rings. The molecule has 1 aliphatic heterocycles. The molecule has 0 spiro atoms. The van der Waals surface area contributed by atoms with Crippen LogP contribution in [0.15, 0.2) is 53.4 Å². The molecule has 3 rings (SSSR count). The average Bonchev–Trinajstić information content (AvgIpc) is 2.86. The van der Waals surface area contributed by atoms with Crippen LogP contribution in [0, 0.1) is 5.92 Å². The van der Waals surface area contributed by atoms with E-state index in [2.05, 4.69) is 9.44 Å². The Kier molecular flexibility index (Phi) is 9.16. The summed E-state index contributed by atoms with van der Waals surface area (Å²) in [5.41, 5.74) is 1.96. The van der Waals surface area contributed by atoms with Gasteiger partial charge in [-0.2, -0.15) is 12.7 Å². The van der Waals surface area contributed by atoms with Gasteiger partial charge in [0.15, 0.2) is 0 Å². The van der Waals surface area contributed by atoms with Crippen LogP contribution in [0.2, 0.25) is 0 Å². The Morgan fingerprint density at radius 3 is 2.40 bits per heavy atom. The van der Waals surface area contributed by atoms with Gasteiger partial charge in [-0.25, -0.2) is 17.9 Å². The molecule has 9 nitrogen and oxygen atoms in total. The SMILES string of the molecule is COc1cccc([C@@H]2CCCN(S(=O)(=O)NCC(C)CNS(=O)(=O)c3ccc(N(C)C)cc3)C2)c1. The quantitative estimate of drug-likeness (QED) is 0.467. The summed E-state index contributed by atoms with van der Waals surface area (Å²) in [7, 11) is -1.99. The van der Waals surface area contributed by atoms with Gasteiger partial charge in [0.2, 0.25) is 10.0 Å². The van der Waals surface area contributed by atoms with Crippen LogP contribution in [0.1, 0.15) is 31.2 Å². The Morgan fingerprint density at radius 1 is 1.06 bits per heavy atom. The molecule has 1 aliphatic rings. The third kappa shape index (κ3) is 7.40. The lowest BCUT2D eigenvalue weighted by molar-refractivity contribution is 0.310. The van der Waals surface area contributed by atoms with E-state index in [0.29, 0.717) is 13.1 Å². The van der Waals surface area contributed by atoms with E-state index in [1.54, 1.807) is 38.3 Å². The average molecular weight is 525 g/mol. The third-order valence-electron chi connectivity index (χ3n) is 6.19. The van der Waals surface area contributed by atoms with E-state index < -0.39 is 20.2 Å². The Bertz CT molecular complexity index is 1180. The Balaban J connectivity index is 1.53. The summed E-state index contributed by atoms with van der Waals surface area (Å²) in [6.45, 7) is 2.90. The molecule has 2 N–H and O–H groups in total. The zero-order valence-electron chi connectivity index (χ0n) is 20.8. The second kappa shape index (κ2) is 11.7. The van der Waals surface area contributed by atoms with Gasteiger partial charge in [0.25, 0.3) is 10.2 Å². The Hall–Kier alpha value is -2.18. The van der Waals surface area contributed by atoms with Crippen molar-refractivity contribution in [2.75, 3.05) is 52.3 Å². The molecule has 0 aromatic heterocycles. The van der Waals surface area contributed by atoms with Gasteiger partial charge in [0.1, 0.15) is 5.75 Å². The minimum absolute atomic E-state index is 0.0959. The van der Waals surface area contributed by atoms with Crippen LogP contribution in [0.5, 0.6) is 5.75 Å². The number of ether oxygens (including phenoxy) is 1. The first-order valence-corrected chi connectivity index (χ1v) is 14.6. The maximum absolute atomic E-state index is 12.9. The van der Waals surface area contributed by atoms with Crippen molar-refractivity contribution in [3.05, 3.63) is 54.1 Å². The maximum Gasteiger partial charge on any atom is 0.279 e. The topological polar surface area (TPSA) is 108 Å². The molecule has 0 saturated carbocycles. The van der Waals surface area contributed by atoms with E-state index in [1.807, 2.05) is 43.3 Å². The summed E-state index contributed by atoms with van der Waals surface area (Å²) in [6, 6.07) is 14.3. The fraction of sp³-hybridized carbons (Fsp3) is 0.500. The van der Waals surface area contributed by atoms with E-state index in [1.165, 1.54) is 4.31 Å². The molecular formula is C24H36N4O5S2. The summed E-state index contributed by atoms with van der Waals surface area (Å²) in [4.78, 5) is 2.06. The second-order valence-corrected chi connectivity index (χ2v) is 12.7. The maximum atomic E-state index is 12.9. The smallest absolute Gasteiger partial charge is 0.279 e. The summed E-state index contributed by atoms with van der Waals surface area (Å²) >= 11 is 0. The van der Waals surface area contributed by atoms with Crippen molar-refractivity contribution in [3.8, 4) is 5.75 Å². The highest BCUT2D eigenvalue weighted by Gasteiger charge is 2.30. The summed E-state index contributed by atoms with van der Waals surface area (Å²) in [6.07, 6.45) is 1.68. The van der Waals surface area contributed by atoms with Crippen molar-refractivity contribution >= 4 is 25.9 Å². The Labute approximate surface area is 209 Å². The summed E-state index contributed by atoms with van der Waals surface area (Å²) in [5.74, 6) is 0.614. The lowest BCUT2D eigenvalue weighted by Gasteiger charge is -2.32. The van der Waals surface area contributed by atoms with Crippen molar-refractivity contribution in [3.63, 3.8) is 0 Å². The van der Waals surface area contributed by atoms with Gasteiger partial charge in [0, 0.05) is 46.0 Å². The van der Waals surface area contributed by atoms with Crippen molar-refractivity contribution in [2.24, 2.45) is 5.92 Å². The molecule has 194 valence electrons. The zero-order valence-corrected chi connectivity index (χ0v) is 22.4. The lowest BCUT2D eigenvalue weighted by Crippen LogP contribution is -2.47. The number of benzene rings is 2. The van der Waals surface area contributed by atoms with Gasteiger partial charge in [-0.3, -0.25) is 0 Å². The van der Waals surface area contributed by atoms with Crippen LogP contribution >= 0.6 is 0 Å². The minimum Gasteiger partial charge on any atom is -0.497 e. The van der Waals surface area contributed by atoms with Gasteiger partial charge in [-0.05, 0) is 66.6 Å². The summed E-state index contributed by atoms with van der Waals surface area (Å²) in [5, 5.41) is 0. The molecular weight excluding hydrogens is 488 g/mol. The van der Waals surface area contributed by atoms with Gasteiger partial charge < -0.3 is 9.64 Å².